The third-order valence-electron chi connectivity index (χ3n) is 5.17. The molecule has 0 bridgehead atoms. The molecule has 2 rings (SSSR count). The monoisotopic (exact) mass is 579 g/mol. The summed E-state index contributed by atoms with van der Waals surface area (Å²) in [5, 5.41) is 2.23. The summed E-state index contributed by atoms with van der Waals surface area (Å²) in [6, 6.07) is 5.29. The number of nitrogens with one attached hydrogen (secondary N) is 2. The van der Waals surface area contributed by atoms with Gasteiger partial charge in [0.1, 0.15) is 10.7 Å². The van der Waals surface area contributed by atoms with Gasteiger partial charge in [-0.05, 0) is 69.3 Å². The quantitative estimate of drug-likeness (QED) is 0.364. The van der Waals surface area contributed by atoms with Crippen molar-refractivity contribution in [2.45, 2.75) is 39.5 Å². The predicted molar refractivity (Wildman–Crippen MR) is 132 cm³/mol. The summed E-state index contributed by atoms with van der Waals surface area (Å²) in [5.41, 5.74) is 0. The van der Waals surface area contributed by atoms with Crippen LogP contribution >= 0.6 is 22.6 Å². The second-order valence-corrected chi connectivity index (χ2v) is 9.60. The maximum atomic E-state index is 12.2. The van der Waals surface area contributed by atoms with E-state index in [4.69, 9.17) is 4.74 Å². The van der Waals surface area contributed by atoms with Crippen LogP contribution in [-0.2, 0) is 10.0 Å². The fraction of sp³-hybridized carbons (Fsp3) is 0.500. The molecule has 0 unspecified atom stereocenters. The highest BCUT2D eigenvalue weighted by Crippen LogP contribution is 2.17. The molecule has 0 aliphatic carbocycles. The lowest BCUT2D eigenvalue weighted by Crippen LogP contribution is -2.47. The van der Waals surface area contributed by atoms with Crippen LogP contribution in [0.3, 0.4) is 0 Å². The number of carbonyl (C=O) groups excluding carboxylic acids is 1. The molecule has 2 aromatic rings. The number of hydrogen-bond acceptors (Lipinski definition) is 7. The van der Waals surface area contributed by atoms with E-state index >= 15 is 0 Å². The fourth-order valence-electron chi connectivity index (χ4n) is 2.91. The molecule has 1 heterocycles. The second kappa shape index (κ2) is 12.8. The van der Waals surface area contributed by atoms with Crippen molar-refractivity contribution >= 4 is 44.6 Å². The Morgan fingerprint density at radius 1 is 1.03 bits per heavy atom. The number of quaternary nitrogens is 1. The summed E-state index contributed by atoms with van der Waals surface area (Å²) < 4.78 is 32.9. The highest BCUT2D eigenvalue weighted by molar-refractivity contribution is 14.1. The van der Waals surface area contributed by atoms with E-state index in [9.17, 15) is 13.2 Å². The summed E-state index contributed by atoms with van der Waals surface area (Å²) >= 11 is 1.87. The van der Waals surface area contributed by atoms with E-state index in [1.807, 2.05) is 27.3 Å². The summed E-state index contributed by atoms with van der Waals surface area (Å²) in [7, 11) is -2.65. The van der Waals surface area contributed by atoms with Gasteiger partial charge in [-0.25, -0.2) is 17.9 Å². The van der Waals surface area contributed by atoms with Crippen LogP contribution in [0.25, 0.3) is 0 Å². The molecule has 0 spiro atoms. The van der Waals surface area contributed by atoms with Gasteiger partial charge in [-0.2, -0.15) is 15.0 Å². The third-order valence-corrected chi connectivity index (χ3v) is 7.87. The number of benzene rings is 1. The van der Waals surface area contributed by atoms with Crippen molar-refractivity contribution in [2.24, 2.45) is 0 Å². The standard InChI is InChI=1S/C12H12IN5O4S.C8H20N/c1-7-14-10(17-12(15-7)22-2)16-11(19)18-23(20,21)9-6-4-3-5-8(9)13;1-5-9(6-2,7-3)8-4/h3-6H,1-2H3,(H2,14,15,16,17,18,19);5-8H2,1-4H3/q;+1. The molecule has 0 fully saturated rings. The van der Waals surface area contributed by atoms with Crippen molar-refractivity contribution in [1.82, 2.24) is 19.7 Å². The number of hydrogen-bond donors (Lipinski definition) is 2. The Morgan fingerprint density at radius 3 is 2.06 bits per heavy atom. The number of carbonyl (C=O) groups is 1. The molecule has 0 saturated heterocycles. The van der Waals surface area contributed by atoms with Crippen molar-refractivity contribution in [1.29, 1.82) is 0 Å². The zero-order valence-electron chi connectivity index (χ0n) is 19.3. The molecule has 178 valence electrons. The molecule has 2 N–H and O–H groups in total. The zero-order valence-corrected chi connectivity index (χ0v) is 22.3. The number of aromatic nitrogens is 3. The van der Waals surface area contributed by atoms with E-state index in [-0.39, 0.29) is 16.9 Å². The minimum absolute atomic E-state index is 0.000146. The first kappa shape index (κ1) is 28.0. The number of rotatable bonds is 8. The summed E-state index contributed by atoms with van der Waals surface area (Å²) in [5.74, 6) is 0.192. The molecule has 10 nitrogen and oxygen atoms in total. The van der Waals surface area contributed by atoms with E-state index in [0.717, 1.165) is 0 Å². The average Bonchev–Trinajstić information content (AvgIpc) is 2.75. The SMILES string of the molecule is CC[N+](CC)(CC)CC.COc1nc(C)nc(NC(=O)NS(=O)(=O)c2ccccc2I)n1. The Morgan fingerprint density at radius 2 is 1.59 bits per heavy atom. The van der Waals surface area contributed by atoms with Gasteiger partial charge < -0.3 is 9.22 Å². The Labute approximate surface area is 204 Å². The number of nitrogens with zero attached hydrogens (tertiary/aromatic N) is 4. The maximum Gasteiger partial charge on any atom is 0.335 e. The number of methoxy groups -OCH3 is 1. The molecular formula is C20H32IN6O4S+. The number of halogens is 1. The minimum atomic E-state index is -4.01. The van der Waals surface area contributed by atoms with Gasteiger partial charge in [-0.1, -0.05) is 12.1 Å². The molecule has 0 aliphatic heterocycles. The third kappa shape index (κ3) is 8.13. The number of sulfonamides is 1. The summed E-state index contributed by atoms with van der Waals surface area (Å²) in [6.45, 7) is 15.8. The normalized spacial score (nSPS) is 11.2. The average molecular weight is 579 g/mol. The summed E-state index contributed by atoms with van der Waals surface area (Å²) in [4.78, 5) is 23.4. The first-order valence-electron chi connectivity index (χ1n) is 10.3. The van der Waals surface area contributed by atoms with E-state index in [0.29, 0.717) is 9.39 Å². The lowest BCUT2D eigenvalue weighted by atomic mass is 10.3. The second-order valence-electron chi connectivity index (χ2n) is 6.79. The molecular weight excluding hydrogens is 547 g/mol. The van der Waals surface area contributed by atoms with Gasteiger partial charge in [0.05, 0.1) is 33.3 Å². The topological polar surface area (TPSA) is 123 Å². The lowest BCUT2D eigenvalue weighted by molar-refractivity contribution is -0.921. The smallest absolute Gasteiger partial charge is 0.335 e. The van der Waals surface area contributed by atoms with Gasteiger partial charge in [-0.15, -0.1) is 0 Å². The molecule has 32 heavy (non-hydrogen) atoms. The van der Waals surface area contributed by atoms with Crippen LogP contribution in [0.4, 0.5) is 10.7 Å². The number of urea groups is 1. The van der Waals surface area contributed by atoms with Crippen molar-refractivity contribution in [3.05, 3.63) is 33.7 Å². The molecule has 0 saturated carbocycles. The molecule has 2 amide bonds. The van der Waals surface area contributed by atoms with Gasteiger partial charge in [0, 0.05) is 3.57 Å². The molecule has 0 atom stereocenters. The van der Waals surface area contributed by atoms with E-state index in [2.05, 4.69) is 48.0 Å². The van der Waals surface area contributed by atoms with Crippen LogP contribution in [0.5, 0.6) is 6.01 Å². The lowest BCUT2D eigenvalue weighted by Gasteiger charge is -2.34. The van der Waals surface area contributed by atoms with Gasteiger partial charge in [0.15, 0.2) is 0 Å². The van der Waals surface area contributed by atoms with Gasteiger partial charge in [0.25, 0.3) is 10.0 Å². The maximum absolute atomic E-state index is 12.2. The highest BCUT2D eigenvalue weighted by Gasteiger charge is 2.21. The van der Waals surface area contributed by atoms with Crippen molar-refractivity contribution in [3.8, 4) is 6.01 Å². The van der Waals surface area contributed by atoms with Crippen LogP contribution in [0.15, 0.2) is 29.2 Å². The molecule has 1 aromatic heterocycles. The van der Waals surface area contributed by atoms with E-state index < -0.39 is 16.1 Å². The Kier molecular flexibility index (Phi) is 11.2. The number of anilines is 1. The van der Waals surface area contributed by atoms with Crippen LogP contribution in [0, 0.1) is 10.5 Å². The Bertz CT molecular complexity index is 982. The minimum Gasteiger partial charge on any atom is -0.467 e. The van der Waals surface area contributed by atoms with Gasteiger partial charge in [0.2, 0.25) is 5.95 Å². The molecule has 12 heteroatoms. The van der Waals surface area contributed by atoms with Crippen LogP contribution < -0.4 is 14.8 Å². The van der Waals surface area contributed by atoms with Crippen molar-refractivity contribution in [3.63, 3.8) is 0 Å². The van der Waals surface area contributed by atoms with Crippen molar-refractivity contribution in [2.75, 3.05) is 38.6 Å². The van der Waals surface area contributed by atoms with Crippen LogP contribution in [-0.4, -0.2) is 67.2 Å². The van der Waals surface area contributed by atoms with Gasteiger partial charge >= 0.3 is 12.0 Å². The highest BCUT2D eigenvalue weighted by atomic mass is 127. The predicted octanol–water partition coefficient (Wildman–Crippen LogP) is 3.19. The Hall–Kier alpha value is -2.06. The molecule has 1 aromatic carbocycles. The van der Waals surface area contributed by atoms with Crippen LogP contribution in [0.1, 0.15) is 33.5 Å². The number of aryl methyl sites for hydroxylation is 1. The number of ether oxygens (including phenoxy) is 1. The fourth-order valence-corrected chi connectivity index (χ4v) is 5.16. The van der Waals surface area contributed by atoms with Gasteiger partial charge in [-0.3, -0.25) is 5.32 Å². The number of amides is 2. The first-order chi connectivity index (χ1) is 15.1. The first-order valence-corrected chi connectivity index (χ1v) is 12.8. The Balaban J connectivity index is 0.000000482. The molecule has 0 radical (unpaired) electrons. The largest absolute Gasteiger partial charge is 0.467 e. The molecule has 0 aliphatic rings. The van der Waals surface area contributed by atoms with E-state index in [1.165, 1.54) is 43.8 Å². The zero-order chi connectivity index (χ0) is 24.4. The summed E-state index contributed by atoms with van der Waals surface area (Å²) in [6.07, 6.45) is 0. The van der Waals surface area contributed by atoms with Crippen molar-refractivity contribution < 1.29 is 22.4 Å². The van der Waals surface area contributed by atoms with E-state index in [1.54, 1.807) is 25.1 Å². The van der Waals surface area contributed by atoms with Crippen LogP contribution in [0.2, 0.25) is 0 Å².